The van der Waals surface area contributed by atoms with Gasteiger partial charge in [0.05, 0.1) is 0 Å². The van der Waals surface area contributed by atoms with E-state index in [1.807, 2.05) is 0 Å². The van der Waals surface area contributed by atoms with Crippen molar-refractivity contribution >= 4 is 0 Å². The first kappa shape index (κ1) is 16.0. The van der Waals surface area contributed by atoms with Gasteiger partial charge < -0.3 is 5.32 Å². The van der Waals surface area contributed by atoms with Gasteiger partial charge in [-0.1, -0.05) is 53.9 Å². The molecule has 1 aliphatic carbocycles. The van der Waals surface area contributed by atoms with Crippen molar-refractivity contribution in [2.24, 2.45) is 10.8 Å². The second-order valence-corrected chi connectivity index (χ2v) is 7.82. The standard InChI is InChI=1S/C17H35N/c1-6-14-18-15(10-9-11-16(2,3)4)17(5)12-7-8-13-17/h15,18H,6-14H2,1-5H3. The maximum atomic E-state index is 3.84. The molecule has 1 fully saturated rings. The third-order valence-corrected chi connectivity index (χ3v) is 4.65. The van der Waals surface area contributed by atoms with Crippen molar-refractivity contribution in [3.05, 3.63) is 0 Å². The summed E-state index contributed by atoms with van der Waals surface area (Å²) in [7, 11) is 0. The summed E-state index contributed by atoms with van der Waals surface area (Å²) in [4.78, 5) is 0. The highest BCUT2D eigenvalue weighted by molar-refractivity contribution is 4.91. The molecule has 0 bridgehead atoms. The summed E-state index contributed by atoms with van der Waals surface area (Å²) >= 11 is 0. The molecule has 0 aromatic rings. The average Bonchev–Trinajstić information content (AvgIpc) is 2.69. The molecule has 1 aliphatic rings. The molecule has 1 rings (SSSR count). The van der Waals surface area contributed by atoms with Crippen LogP contribution in [-0.4, -0.2) is 12.6 Å². The van der Waals surface area contributed by atoms with Crippen molar-refractivity contribution < 1.29 is 0 Å². The molecule has 1 unspecified atom stereocenters. The van der Waals surface area contributed by atoms with E-state index in [2.05, 4.69) is 39.9 Å². The highest BCUT2D eigenvalue weighted by Gasteiger charge is 2.36. The molecule has 1 heteroatoms. The van der Waals surface area contributed by atoms with Crippen LogP contribution in [-0.2, 0) is 0 Å². The van der Waals surface area contributed by atoms with E-state index in [-0.39, 0.29) is 0 Å². The van der Waals surface area contributed by atoms with Gasteiger partial charge in [0.25, 0.3) is 0 Å². The lowest BCUT2D eigenvalue weighted by Crippen LogP contribution is -2.42. The van der Waals surface area contributed by atoms with Crippen molar-refractivity contribution in [3.63, 3.8) is 0 Å². The van der Waals surface area contributed by atoms with Gasteiger partial charge in [0.15, 0.2) is 0 Å². The first-order chi connectivity index (χ1) is 8.37. The van der Waals surface area contributed by atoms with Crippen molar-refractivity contribution in [3.8, 4) is 0 Å². The highest BCUT2D eigenvalue weighted by Crippen LogP contribution is 2.42. The Morgan fingerprint density at radius 3 is 2.28 bits per heavy atom. The summed E-state index contributed by atoms with van der Waals surface area (Å²) in [5.74, 6) is 0. The third-order valence-electron chi connectivity index (χ3n) is 4.65. The molecular formula is C17H35N. The van der Waals surface area contributed by atoms with Crippen LogP contribution in [0.25, 0.3) is 0 Å². The van der Waals surface area contributed by atoms with Gasteiger partial charge in [-0.2, -0.15) is 0 Å². The molecule has 0 aliphatic heterocycles. The van der Waals surface area contributed by atoms with Crippen LogP contribution in [0.1, 0.15) is 86.0 Å². The highest BCUT2D eigenvalue weighted by atomic mass is 14.9. The van der Waals surface area contributed by atoms with Gasteiger partial charge in [-0.05, 0) is 49.5 Å². The van der Waals surface area contributed by atoms with E-state index in [0.29, 0.717) is 10.8 Å². The Bertz CT molecular complexity index is 220. The minimum absolute atomic E-state index is 0.492. The van der Waals surface area contributed by atoms with Gasteiger partial charge in [-0.15, -0.1) is 0 Å². The van der Waals surface area contributed by atoms with Gasteiger partial charge in [-0.25, -0.2) is 0 Å². The van der Waals surface area contributed by atoms with E-state index < -0.39 is 0 Å². The minimum Gasteiger partial charge on any atom is -0.313 e. The van der Waals surface area contributed by atoms with E-state index in [4.69, 9.17) is 0 Å². The Morgan fingerprint density at radius 2 is 1.78 bits per heavy atom. The summed E-state index contributed by atoms with van der Waals surface area (Å²) in [6.45, 7) is 13.1. The van der Waals surface area contributed by atoms with Crippen molar-refractivity contribution in [1.29, 1.82) is 0 Å². The summed E-state index contributed by atoms with van der Waals surface area (Å²) in [6, 6.07) is 0.752. The van der Waals surface area contributed by atoms with Gasteiger partial charge >= 0.3 is 0 Å². The zero-order valence-corrected chi connectivity index (χ0v) is 13.4. The molecule has 0 radical (unpaired) electrons. The Kier molecular flexibility index (Phi) is 6.17. The molecule has 1 nitrogen and oxygen atoms in total. The maximum Gasteiger partial charge on any atom is 0.0121 e. The lowest BCUT2D eigenvalue weighted by Gasteiger charge is -2.36. The molecule has 0 aromatic heterocycles. The van der Waals surface area contributed by atoms with E-state index >= 15 is 0 Å². The third kappa shape index (κ3) is 5.30. The van der Waals surface area contributed by atoms with Crippen molar-refractivity contribution in [1.82, 2.24) is 5.32 Å². The van der Waals surface area contributed by atoms with Crippen LogP contribution in [0.15, 0.2) is 0 Å². The lowest BCUT2D eigenvalue weighted by molar-refractivity contribution is 0.199. The number of hydrogen-bond acceptors (Lipinski definition) is 1. The van der Waals surface area contributed by atoms with Gasteiger partial charge in [0.2, 0.25) is 0 Å². The fraction of sp³-hybridized carbons (Fsp3) is 1.00. The SMILES string of the molecule is CCCNC(CCCC(C)(C)C)C1(C)CCCC1. The van der Waals surface area contributed by atoms with Gasteiger partial charge in [0.1, 0.15) is 0 Å². The van der Waals surface area contributed by atoms with Crippen LogP contribution >= 0.6 is 0 Å². The van der Waals surface area contributed by atoms with E-state index in [1.165, 1.54) is 57.9 Å². The quantitative estimate of drug-likeness (QED) is 0.661. The first-order valence-electron chi connectivity index (χ1n) is 8.11. The molecular weight excluding hydrogens is 218 g/mol. The number of hydrogen-bond donors (Lipinski definition) is 1. The smallest absolute Gasteiger partial charge is 0.0121 e. The molecule has 0 aromatic carbocycles. The van der Waals surface area contributed by atoms with E-state index in [9.17, 15) is 0 Å². The monoisotopic (exact) mass is 253 g/mol. The average molecular weight is 253 g/mol. The molecule has 0 spiro atoms. The summed E-state index contributed by atoms with van der Waals surface area (Å²) in [5.41, 5.74) is 1.07. The van der Waals surface area contributed by atoms with E-state index in [0.717, 1.165) is 6.04 Å². The molecule has 18 heavy (non-hydrogen) atoms. The van der Waals surface area contributed by atoms with Crippen LogP contribution in [0.3, 0.4) is 0 Å². The second kappa shape index (κ2) is 6.93. The molecule has 0 heterocycles. The largest absolute Gasteiger partial charge is 0.313 e. The normalized spacial score (nSPS) is 21.2. The second-order valence-electron chi connectivity index (χ2n) is 7.82. The molecule has 0 amide bonds. The summed E-state index contributed by atoms with van der Waals surface area (Å²) < 4.78 is 0. The zero-order valence-electron chi connectivity index (χ0n) is 13.4. The van der Waals surface area contributed by atoms with Gasteiger partial charge in [-0.3, -0.25) is 0 Å². The molecule has 1 atom stereocenters. The minimum atomic E-state index is 0.492. The van der Waals surface area contributed by atoms with Crippen LogP contribution in [0, 0.1) is 10.8 Å². The fourth-order valence-electron chi connectivity index (χ4n) is 3.38. The number of rotatable bonds is 7. The zero-order chi connectivity index (χ0) is 13.6. The van der Waals surface area contributed by atoms with Crippen LogP contribution in [0.2, 0.25) is 0 Å². The van der Waals surface area contributed by atoms with Crippen molar-refractivity contribution in [2.45, 2.75) is 92.0 Å². The summed E-state index contributed by atoms with van der Waals surface area (Å²) in [6.07, 6.45) is 11.1. The maximum absolute atomic E-state index is 3.84. The van der Waals surface area contributed by atoms with Crippen molar-refractivity contribution in [2.75, 3.05) is 6.54 Å². The topological polar surface area (TPSA) is 12.0 Å². The Morgan fingerprint density at radius 1 is 1.17 bits per heavy atom. The van der Waals surface area contributed by atoms with Crippen LogP contribution in [0.4, 0.5) is 0 Å². The summed E-state index contributed by atoms with van der Waals surface area (Å²) in [5, 5.41) is 3.84. The molecule has 0 saturated heterocycles. The van der Waals surface area contributed by atoms with E-state index in [1.54, 1.807) is 0 Å². The predicted octanol–water partition coefficient (Wildman–Crippen LogP) is 5.15. The molecule has 108 valence electrons. The Hall–Kier alpha value is -0.0400. The number of nitrogens with one attached hydrogen (secondary N) is 1. The lowest BCUT2D eigenvalue weighted by atomic mass is 9.77. The molecule has 1 saturated carbocycles. The first-order valence-corrected chi connectivity index (χ1v) is 8.11. The Balaban J connectivity index is 2.45. The predicted molar refractivity (Wildman–Crippen MR) is 82.0 cm³/mol. The van der Waals surface area contributed by atoms with Crippen LogP contribution in [0.5, 0.6) is 0 Å². The molecule has 1 N–H and O–H groups in total. The van der Waals surface area contributed by atoms with Gasteiger partial charge in [0, 0.05) is 6.04 Å². The Labute approximate surface area is 115 Å². The fourth-order valence-corrected chi connectivity index (χ4v) is 3.38. The van der Waals surface area contributed by atoms with Crippen LogP contribution < -0.4 is 5.32 Å².